The maximum absolute atomic E-state index is 6.17. The molecular formula is C15H13BrClNO2. The van der Waals surface area contributed by atoms with Gasteiger partial charge in [-0.1, -0.05) is 17.7 Å². The van der Waals surface area contributed by atoms with Crippen LogP contribution in [-0.4, -0.2) is 6.79 Å². The Hall–Kier alpha value is -1.39. The van der Waals surface area contributed by atoms with E-state index in [4.69, 9.17) is 21.1 Å². The minimum absolute atomic E-state index is 0.272. The van der Waals surface area contributed by atoms with Crippen molar-refractivity contribution < 1.29 is 9.47 Å². The van der Waals surface area contributed by atoms with Crippen LogP contribution in [0, 0.1) is 6.92 Å². The maximum atomic E-state index is 6.17. The molecule has 1 heterocycles. The number of fused-ring (bicyclic) bond motifs is 1. The predicted molar refractivity (Wildman–Crippen MR) is 83.8 cm³/mol. The molecule has 3 nitrogen and oxygen atoms in total. The molecule has 3 rings (SSSR count). The molecule has 2 aromatic carbocycles. The molecule has 2 aromatic rings. The zero-order valence-electron chi connectivity index (χ0n) is 10.9. The van der Waals surface area contributed by atoms with Gasteiger partial charge in [0.05, 0.1) is 15.2 Å². The number of benzene rings is 2. The van der Waals surface area contributed by atoms with Gasteiger partial charge < -0.3 is 14.8 Å². The molecule has 0 bridgehead atoms. The Morgan fingerprint density at radius 2 is 2.10 bits per heavy atom. The third kappa shape index (κ3) is 2.72. The van der Waals surface area contributed by atoms with E-state index in [1.54, 1.807) is 0 Å². The van der Waals surface area contributed by atoms with Crippen molar-refractivity contribution in [1.82, 2.24) is 0 Å². The van der Waals surface area contributed by atoms with Crippen LogP contribution in [0.2, 0.25) is 5.02 Å². The smallest absolute Gasteiger partial charge is 0.231 e. The average Bonchev–Trinajstić information content (AvgIpc) is 2.89. The Morgan fingerprint density at radius 3 is 2.95 bits per heavy atom. The van der Waals surface area contributed by atoms with E-state index in [2.05, 4.69) is 21.2 Å². The fourth-order valence-electron chi connectivity index (χ4n) is 2.09. The number of anilines is 1. The van der Waals surface area contributed by atoms with Crippen molar-refractivity contribution in [2.24, 2.45) is 0 Å². The molecule has 0 spiro atoms. The van der Waals surface area contributed by atoms with Crippen molar-refractivity contribution in [2.75, 3.05) is 12.1 Å². The first-order valence-electron chi connectivity index (χ1n) is 6.21. The topological polar surface area (TPSA) is 30.5 Å². The molecule has 0 saturated carbocycles. The molecule has 0 radical (unpaired) electrons. The average molecular weight is 355 g/mol. The van der Waals surface area contributed by atoms with Gasteiger partial charge in [0.2, 0.25) is 6.79 Å². The van der Waals surface area contributed by atoms with Crippen LogP contribution in [-0.2, 0) is 6.54 Å². The fourth-order valence-corrected chi connectivity index (χ4v) is 2.88. The van der Waals surface area contributed by atoms with Gasteiger partial charge in [0, 0.05) is 6.54 Å². The number of ether oxygens (including phenoxy) is 2. The highest BCUT2D eigenvalue weighted by Crippen LogP contribution is 2.40. The molecule has 0 unspecified atom stereocenters. The van der Waals surface area contributed by atoms with E-state index < -0.39 is 0 Å². The summed E-state index contributed by atoms with van der Waals surface area (Å²) in [4.78, 5) is 0. The standard InChI is InChI=1S/C15H13BrClNO2/c1-9-2-3-12(17)13(4-9)18-7-10-5-11(16)15-14(6-10)19-8-20-15/h2-6,18H,7-8H2,1H3. The summed E-state index contributed by atoms with van der Waals surface area (Å²) < 4.78 is 11.7. The quantitative estimate of drug-likeness (QED) is 0.862. The Bertz CT molecular complexity index is 661. The summed E-state index contributed by atoms with van der Waals surface area (Å²) in [7, 11) is 0. The summed E-state index contributed by atoms with van der Waals surface area (Å²) in [6, 6.07) is 9.91. The molecule has 5 heteroatoms. The molecule has 0 saturated heterocycles. The number of nitrogens with one attached hydrogen (secondary N) is 1. The van der Waals surface area contributed by atoms with Crippen molar-refractivity contribution in [3.63, 3.8) is 0 Å². The molecule has 1 aliphatic rings. The summed E-state index contributed by atoms with van der Waals surface area (Å²) >= 11 is 9.66. The molecule has 0 atom stereocenters. The van der Waals surface area contributed by atoms with Crippen LogP contribution in [0.4, 0.5) is 5.69 Å². The van der Waals surface area contributed by atoms with Crippen LogP contribution in [0.25, 0.3) is 0 Å². The third-order valence-corrected chi connectivity index (χ3v) is 4.01. The lowest BCUT2D eigenvalue weighted by atomic mass is 10.2. The van der Waals surface area contributed by atoms with Crippen molar-refractivity contribution in [3.8, 4) is 11.5 Å². The molecular weight excluding hydrogens is 342 g/mol. The van der Waals surface area contributed by atoms with E-state index in [9.17, 15) is 0 Å². The molecule has 0 fully saturated rings. The Labute approximate surface area is 131 Å². The number of hydrogen-bond donors (Lipinski definition) is 1. The van der Waals surface area contributed by atoms with E-state index in [-0.39, 0.29) is 6.79 Å². The highest BCUT2D eigenvalue weighted by molar-refractivity contribution is 9.10. The van der Waals surface area contributed by atoms with E-state index in [0.29, 0.717) is 6.54 Å². The summed E-state index contributed by atoms with van der Waals surface area (Å²) in [6.45, 7) is 2.98. The van der Waals surface area contributed by atoms with E-state index >= 15 is 0 Å². The largest absolute Gasteiger partial charge is 0.454 e. The molecule has 0 aromatic heterocycles. The molecule has 20 heavy (non-hydrogen) atoms. The second-order valence-corrected chi connectivity index (χ2v) is 5.91. The van der Waals surface area contributed by atoms with Crippen LogP contribution in [0.1, 0.15) is 11.1 Å². The van der Waals surface area contributed by atoms with Crippen LogP contribution in [0.15, 0.2) is 34.8 Å². The summed E-state index contributed by atoms with van der Waals surface area (Å²) in [5.41, 5.74) is 3.20. The van der Waals surface area contributed by atoms with E-state index in [0.717, 1.165) is 32.2 Å². The van der Waals surface area contributed by atoms with Gasteiger partial charge in [-0.2, -0.15) is 0 Å². The maximum Gasteiger partial charge on any atom is 0.231 e. The zero-order valence-corrected chi connectivity index (χ0v) is 13.2. The summed E-state index contributed by atoms with van der Waals surface area (Å²) in [5.74, 6) is 1.54. The van der Waals surface area contributed by atoms with Crippen molar-refractivity contribution in [2.45, 2.75) is 13.5 Å². The van der Waals surface area contributed by atoms with Crippen molar-refractivity contribution in [3.05, 3.63) is 51.0 Å². The zero-order chi connectivity index (χ0) is 14.1. The second-order valence-electron chi connectivity index (χ2n) is 4.65. The van der Waals surface area contributed by atoms with Crippen molar-refractivity contribution in [1.29, 1.82) is 0 Å². The Morgan fingerprint density at radius 1 is 1.25 bits per heavy atom. The minimum Gasteiger partial charge on any atom is -0.454 e. The summed E-state index contributed by atoms with van der Waals surface area (Å²) in [5, 5.41) is 4.06. The fraction of sp³-hybridized carbons (Fsp3) is 0.200. The van der Waals surface area contributed by atoms with Gasteiger partial charge in [-0.25, -0.2) is 0 Å². The van der Waals surface area contributed by atoms with Crippen LogP contribution in [0.5, 0.6) is 11.5 Å². The molecule has 0 amide bonds. The first-order chi connectivity index (χ1) is 9.63. The van der Waals surface area contributed by atoms with E-state index in [1.807, 2.05) is 37.3 Å². The van der Waals surface area contributed by atoms with Gasteiger partial charge in [-0.3, -0.25) is 0 Å². The van der Waals surface area contributed by atoms with Crippen LogP contribution in [0.3, 0.4) is 0 Å². The first-order valence-corrected chi connectivity index (χ1v) is 7.38. The normalized spacial score (nSPS) is 12.6. The van der Waals surface area contributed by atoms with Gasteiger partial charge in [0.25, 0.3) is 0 Å². The first kappa shape index (κ1) is 13.6. The molecule has 1 N–H and O–H groups in total. The number of aryl methyl sites for hydroxylation is 1. The number of halogens is 2. The van der Waals surface area contributed by atoms with Gasteiger partial charge in [-0.15, -0.1) is 0 Å². The number of hydrogen-bond acceptors (Lipinski definition) is 3. The van der Waals surface area contributed by atoms with Crippen molar-refractivity contribution >= 4 is 33.2 Å². The highest BCUT2D eigenvalue weighted by Gasteiger charge is 2.17. The minimum atomic E-state index is 0.272. The van der Waals surface area contributed by atoms with E-state index in [1.165, 1.54) is 5.56 Å². The van der Waals surface area contributed by atoms with Gasteiger partial charge in [0.1, 0.15) is 0 Å². The molecule has 0 aliphatic carbocycles. The predicted octanol–water partition coefficient (Wildman–Crippen LogP) is 4.75. The third-order valence-electron chi connectivity index (χ3n) is 3.09. The lowest BCUT2D eigenvalue weighted by Gasteiger charge is -2.10. The molecule has 1 aliphatic heterocycles. The van der Waals surface area contributed by atoms with Crippen LogP contribution >= 0.6 is 27.5 Å². The monoisotopic (exact) mass is 353 g/mol. The Balaban J connectivity index is 1.79. The highest BCUT2D eigenvalue weighted by atomic mass is 79.9. The van der Waals surface area contributed by atoms with Gasteiger partial charge in [0.15, 0.2) is 11.5 Å². The van der Waals surface area contributed by atoms with Crippen LogP contribution < -0.4 is 14.8 Å². The van der Waals surface area contributed by atoms with Gasteiger partial charge in [-0.05, 0) is 58.2 Å². The van der Waals surface area contributed by atoms with Gasteiger partial charge >= 0.3 is 0 Å². The lowest BCUT2D eigenvalue weighted by molar-refractivity contribution is 0.173. The second kappa shape index (κ2) is 5.54. The number of rotatable bonds is 3. The summed E-state index contributed by atoms with van der Waals surface area (Å²) in [6.07, 6.45) is 0. The lowest BCUT2D eigenvalue weighted by Crippen LogP contribution is -2.00. The SMILES string of the molecule is Cc1ccc(Cl)c(NCc2cc(Br)c3c(c2)OCO3)c1. The Kier molecular flexibility index (Phi) is 3.76. The molecule has 104 valence electrons.